The Morgan fingerprint density at radius 3 is 2.72 bits per heavy atom. The first-order valence-electron chi connectivity index (χ1n) is 7.88. The molecule has 2 bridgehead atoms. The summed E-state index contributed by atoms with van der Waals surface area (Å²) in [7, 11) is 0. The predicted molar refractivity (Wildman–Crippen MR) is 72.4 cm³/mol. The van der Waals surface area contributed by atoms with Crippen LogP contribution in [0.5, 0.6) is 0 Å². The lowest BCUT2D eigenvalue weighted by Crippen LogP contribution is -2.48. The Morgan fingerprint density at radius 2 is 2.11 bits per heavy atom. The predicted octanol–water partition coefficient (Wildman–Crippen LogP) is 3.52. The molecule has 0 spiro atoms. The third-order valence-corrected chi connectivity index (χ3v) is 6.00. The van der Waals surface area contributed by atoms with Gasteiger partial charge in [0, 0.05) is 6.42 Å². The lowest BCUT2D eigenvalue weighted by Gasteiger charge is -2.45. The molecule has 0 radical (unpaired) electrons. The van der Waals surface area contributed by atoms with Gasteiger partial charge in [0.2, 0.25) is 0 Å². The van der Waals surface area contributed by atoms with Crippen LogP contribution in [0.1, 0.15) is 65.2 Å². The van der Waals surface area contributed by atoms with E-state index in [0.29, 0.717) is 0 Å². The van der Waals surface area contributed by atoms with Crippen molar-refractivity contribution in [2.45, 2.75) is 76.4 Å². The van der Waals surface area contributed by atoms with Crippen LogP contribution in [0.2, 0.25) is 0 Å². The fourth-order valence-electron chi connectivity index (χ4n) is 4.84. The largest absolute Gasteiger partial charge is 0.390 e. The SMILES string of the molecule is CCC1(C)CC(O)(CC2CC3CCC2C3)CCO1. The van der Waals surface area contributed by atoms with Crippen LogP contribution in [0.15, 0.2) is 0 Å². The van der Waals surface area contributed by atoms with Gasteiger partial charge in [0.15, 0.2) is 0 Å². The average molecular weight is 252 g/mol. The van der Waals surface area contributed by atoms with E-state index in [9.17, 15) is 5.11 Å². The molecule has 1 heterocycles. The summed E-state index contributed by atoms with van der Waals surface area (Å²) in [6, 6.07) is 0. The van der Waals surface area contributed by atoms with Gasteiger partial charge in [0.05, 0.1) is 17.8 Å². The first-order chi connectivity index (χ1) is 8.52. The summed E-state index contributed by atoms with van der Waals surface area (Å²) in [5, 5.41) is 10.9. The molecule has 5 atom stereocenters. The van der Waals surface area contributed by atoms with Crippen molar-refractivity contribution >= 4 is 0 Å². The molecular formula is C16H28O2. The van der Waals surface area contributed by atoms with Gasteiger partial charge in [-0.1, -0.05) is 13.3 Å². The van der Waals surface area contributed by atoms with Crippen molar-refractivity contribution in [3.8, 4) is 0 Å². The summed E-state index contributed by atoms with van der Waals surface area (Å²) in [5.74, 6) is 2.71. The molecule has 0 aromatic heterocycles. The Morgan fingerprint density at radius 1 is 1.28 bits per heavy atom. The third kappa shape index (κ3) is 2.34. The van der Waals surface area contributed by atoms with Gasteiger partial charge in [-0.05, 0) is 63.2 Å². The molecule has 1 saturated heterocycles. The first kappa shape index (κ1) is 12.9. The molecule has 2 aliphatic carbocycles. The Hall–Kier alpha value is -0.0800. The molecule has 18 heavy (non-hydrogen) atoms. The third-order valence-electron chi connectivity index (χ3n) is 6.00. The Balaban J connectivity index is 1.64. The molecule has 104 valence electrons. The summed E-state index contributed by atoms with van der Waals surface area (Å²) in [4.78, 5) is 0. The topological polar surface area (TPSA) is 29.5 Å². The minimum absolute atomic E-state index is 0.0926. The van der Waals surface area contributed by atoms with Crippen LogP contribution in [-0.2, 0) is 4.74 Å². The highest BCUT2D eigenvalue weighted by Crippen LogP contribution is 2.52. The lowest BCUT2D eigenvalue weighted by molar-refractivity contribution is -0.161. The van der Waals surface area contributed by atoms with E-state index in [2.05, 4.69) is 13.8 Å². The standard InChI is InChI=1S/C16H28O2/c1-3-15(2)11-16(17,6-7-18-15)10-14-9-12-4-5-13(14)8-12/h12-14,17H,3-11H2,1-2H3. The molecule has 2 saturated carbocycles. The van der Waals surface area contributed by atoms with Crippen molar-refractivity contribution in [3.05, 3.63) is 0 Å². The zero-order chi connectivity index (χ0) is 12.8. The molecule has 2 heteroatoms. The van der Waals surface area contributed by atoms with Gasteiger partial charge in [-0.15, -0.1) is 0 Å². The second kappa shape index (κ2) is 4.49. The normalized spacial score (nSPS) is 51.8. The lowest BCUT2D eigenvalue weighted by atomic mass is 9.73. The highest BCUT2D eigenvalue weighted by molar-refractivity contribution is 4.98. The van der Waals surface area contributed by atoms with E-state index < -0.39 is 5.60 Å². The number of fused-ring (bicyclic) bond motifs is 2. The fourth-order valence-corrected chi connectivity index (χ4v) is 4.84. The Bertz CT molecular complexity index is 316. The van der Waals surface area contributed by atoms with Gasteiger partial charge in [0.1, 0.15) is 0 Å². The quantitative estimate of drug-likeness (QED) is 0.832. The maximum atomic E-state index is 10.9. The van der Waals surface area contributed by atoms with Crippen molar-refractivity contribution in [2.75, 3.05) is 6.61 Å². The van der Waals surface area contributed by atoms with Crippen LogP contribution in [-0.4, -0.2) is 22.9 Å². The molecule has 0 amide bonds. The van der Waals surface area contributed by atoms with Gasteiger partial charge in [0.25, 0.3) is 0 Å². The molecule has 1 aliphatic heterocycles. The number of aliphatic hydroxyl groups is 1. The fraction of sp³-hybridized carbons (Fsp3) is 1.00. The molecule has 1 N–H and O–H groups in total. The molecule has 0 aromatic carbocycles. The summed E-state index contributed by atoms with van der Waals surface area (Å²) < 4.78 is 5.88. The number of rotatable bonds is 3. The average Bonchev–Trinajstić information content (AvgIpc) is 2.90. The highest BCUT2D eigenvalue weighted by atomic mass is 16.5. The molecule has 0 aromatic rings. The molecule has 2 nitrogen and oxygen atoms in total. The van der Waals surface area contributed by atoms with E-state index in [1.807, 2.05) is 0 Å². The van der Waals surface area contributed by atoms with E-state index in [4.69, 9.17) is 4.74 Å². The van der Waals surface area contributed by atoms with Crippen LogP contribution in [0.4, 0.5) is 0 Å². The molecule has 3 rings (SSSR count). The number of ether oxygens (including phenoxy) is 1. The molecule has 3 aliphatic rings. The number of hydrogen-bond donors (Lipinski definition) is 1. The van der Waals surface area contributed by atoms with Gasteiger partial charge in [-0.3, -0.25) is 0 Å². The summed E-state index contributed by atoms with van der Waals surface area (Å²) in [5.41, 5.74) is -0.539. The molecular weight excluding hydrogens is 224 g/mol. The second-order valence-electron chi connectivity index (χ2n) is 7.44. The summed E-state index contributed by atoms with van der Waals surface area (Å²) in [6.45, 7) is 5.07. The van der Waals surface area contributed by atoms with Crippen molar-refractivity contribution in [1.82, 2.24) is 0 Å². The minimum Gasteiger partial charge on any atom is -0.390 e. The van der Waals surface area contributed by atoms with Gasteiger partial charge >= 0.3 is 0 Å². The van der Waals surface area contributed by atoms with Crippen molar-refractivity contribution in [1.29, 1.82) is 0 Å². The van der Waals surface area contributed by atoms with E-state index in [-0.39, 0.29) is 5.60 Å². The highest BCUT2D eigenvalue weighted by Gasteiger charge is 2.47. The first-order valence-corrected chi connectivity index (χ1v) is 7.88. The smallest absolute Gasteiger partial charge is 0.0699 e. The van der Waals surface area contributed by atoms with Crippen LogP contribution >= 0.6 is 0 Å². The maximum Gasteiger partial charge on any atom is 0.0699 e. The minimum atomic E-state index is -0.446. The maximum absolute atomic E-state index is 10.9. The molecule has 5 unspecified atom stereocenters. The van der Waals surface area contributed by atoms with Crippen molar-refractivity contribution < 1.29 is 9.84 Å². The van der Waals surface area contributed by atoms with Gasteiger partial charge in [-0.25, -0.2) is 0 Å². The summed E-state index contributed by atoms with van der Waals surface area (Å²) >= 11 is 0. The monoisotopic (exact) mass is 252 g/mol. The van der Waals surface area contributed by atoms with Crippen molar-refractivity contribution in [2.24, 2.45) is 17.8 Å². The van der Waals surface area contributed by atoms with Crippen LogP contribution < -0.4 is 0 Å². The van der Waals surface area contributed by atoms with Crippen LogP contribution in [0, 0.1) is 17.8 Å². The van der Waals surface area contributed by atoms with Crippen LogP contribution in [0.25, 0.3) is 0 Å². The Kier molecular flexibility index (Phi) is 3.22. The van der Waals surface area contributed by atoms with Crippen LogP contribution in [0.3, 0.4) is 0 Å². The molecule has 3 fully saturated rings. The second-order valence-corrected chi connectivity index (χ2v) is 7.44. The zero-order valence-electron chi connectivity index (χ0n) is 12.0. The van der Waals surface area contributed by atoms with E-state index in [0.717, 1.165) is 50.0 Å². The van der Waals surface area contributed by atoms with Gasteiger partial charge < -0.3 is 9.84 Å². The number of hydrogen-bond acceptors (Lipinski definition) is 2. The van der Waals surface area contributed by atoms with Gasteiger partial charge in [-0.2, -0.15) is 0 Å². The van der Waals surface area contributed by atoms with Crippen molar-refractivity contribution in [3.63, 3.8) is 0 Å². The van der Waals surface area contributed by atoms with E-state index >= 15 is 0 Å². The van der Waals surface area contributed by atoms with E-state index in [1.165, 1.54) is 25.7 Å². The summed E-state index contributed by atoms with van der Waals surface area (Å²) in [6.07, 6.45) is 9.43. The van der Waals surface area contributed by atoms with E-state index in [1.54, 1.807) is 0 Å². The zero-order valence-corrected chi connectivity index (χ0v) is 12.0. The Labute approximate surface area is 111 Å².